The molecule has 3 aromatic rings. The fraction of sp³-hybridized carbons (Fsp3) is 0.294. The maximum absolute atomic E-state index is 13.4. The molecular weight excluding hydrogens is 592 g/mol. The topological polar surface area (TPSA) is 115 Å². The van der Waals surface area contributed by atoms with Crippen molar-refractivity contribution in [3.05, 3.63) is 93.9 Å². The number of sulfonamides is 1. The normalized spacial score (nSPS) is 16.1. The summed E-state index contributed by atoms with van der Waals surface area (Å²) < 4.78 is 26.6. The Morgan fingerprint density at radius 1 is 0.733 bits per heavy atom. The molecule has 3 aromatic carbocycles. The Kier molecular flexibility index (Phi) is 8.25. The van der Waals surface area contributed by atoms with Gasteiger partial charge in [-0.25, -0.2) is 12.7 Å². The van der Waals surface area contributed by atoms with Crippen molar-refractivity contribution in [1.82, 2.24) is 19.0 Å². The van der Waals surface area contributed by atoms with Crippen molar-refractivity contribution in [2.75, 3.05) is 52.6 Å². The minimum Gasteiger partial charge on any atom is -0.305 e. The molecule has 0 aromatic heterocycles. The van der Waals surface area contributed by atoms with Crippen molar-refractivity contribution < 1.29 is 27.6 Å². The molecule has 0 spiro atoms. The molecule has 232 valence electrons. The number of rotatable bonds is 11. The van der Waals surface area contributed by atoms with Crippen molar-refractivity contribution in [3.8, 4) is 0 Å². The van der Waals surface area contributed by atoms with Crippen LogP contribution in [0.2, 0.25) is 0 Å². The predicted octanol–water partition coefficient (Wildman–Crippen LogP) is 1.59. The van der Waals surface area contributed by atoms with Gasteiger partial charge in [-0.15, -0.1) is 0 Å². The average Bonchev–Trinajstić information content (AvgIpc) is 3.24. The van der Waals surface area contributed by atoms with Gasteiger partial charge in [0.1, 0.15) is 0 Å². The SMILES string of the molecule is CN(CCCN(CCN1C(=O)C2=c3c(cccc3=CC=CC2)C1=O)S(C)(=O)=O)CCN1C(=O)c2cccc3cccc(c23)C1=O. The van der Waals surface area contributed by atoms with E-state index in [9.17, 15) is 27.6 Å². The zero-order valence-electron chi connectivity index (χ0n) is 25.2. The minimum atomic E-state index is -3.63. The van der Waals surface area contributed by atoms with Gasteiger partial charge in [-0.1, -0.05) is 54.6 Å². The highest BCUT2D eigenvalue weighted by Gasteiger charge is 2.34. The molecule has 3 aliphatic rings. The second kappa shape index (κ2) is 12.2. The number of carbonyl (C=O) groups excluding carboxylic acids is 4. The highest BCUT2D eigenvalue weighted by molar-refractivity contribution is 7.88. The van der Waals surface area contributed by atoms with Crippen LogP contribution in [0.5, 0.6) is 0 Å². The first kappa shape index (κ1) is 30.6. The summed E-state index contributed by atoms with van der Waals surface area (Å²) in [7, 11) is -1.77. The number of nitrogens with zero attached hydrogens (tertiary/aromatic N) is 4. The Labute approximate surface area is 261 Å². The fourth-order valence-corrected chi connectivity index (χ4v) is 7.19. The molecule has 0 bridgehead atoms. The molecule has 45 heavy (non-hydrogen) atoms. The van der Waals surface area contributed by atoms with Gasteiger partial charge >= 0.3 is 0 Å². The van der Waals surface area contributed by atoms with Gasteiger partial charge in [0.2, 0.25) is 10.0 Å². The lowest BCUT2D eigenvalue weighted by Gasteiger charge is -2.30. The molecule has 6 rings (SSSR count). The monoisotopic (exact) mass is 626 g/mol. The highest BCUT2D eigenvalue weighted by Crippen LogP contribution is 2.29. The van der Waals surface area contributed by atoms with Crippen LogP contribution in [0.1, 0.15) is 43.9 Å². The Bertz CT molecular complexity index is 1970. The summed E-state index contributed by atoms with van der Waals surface area (Å²) in [6.07, 6.45) is 7.60. The Hall–Kier alpha value is -4.45. The lowest BCUT2D eigenvalue weighted by Crippen LogP contribution is -2.51. The molecule has 2 aliphatic heterocycles. The van der Waals surface area contributed by atoms with Crippen LogP contribution in [0.25, 0.3) is 22.4 Å². The van der Waals surface area contributed by atoms with Crippen molar-refractivity contribution >= 4 is 56.1 Å². The summed E-state index contributed by atoms with van der Waals surface area (Å²) in [5.41, 5.74) is 2.00. The van der Waals surface area contributed by atoms with E-state index in [0.29, 0.717) is 58.8 Å². The first-order valence-electron chi connectivity index (χ1n) is 14.9. The van der Waals surface area contributed by atoms with Crippen LogP contribution in [-0.4, -0.2) is 104 Å². The van der Waals surface area contributed by atoms with Crippen LogP contribution in [0.3, 0.4) is 0 Å². The van der Waals surface area contributed by atoms with Crippen LogP contribution in [0, 0.1) is 0 Å². The Morgan fingerprint density at radius 3 is 2.02 bits per heavy atom. The summed E-state index contributed by atoms with van der Waals surface area (Å²) >= 11 is 0. The van der Waals surface area contributed by atoms with E-state index >= 15 is 0 Å². The molecule has 0 atom stereocenters. The van der Waals surface area contributed by atoms with E-state index < -0.39 is 21.8 Å². The second-order valence-corrected chi connectivity index (χ2v) is 13.6. The largest absolute Gasteiger partial charge is 0.305 e. The van der Waals surface area contributed by atoms with E-state index in [1.807, 2.05) is 60.5 Å². The van der Waals surface area contributed by atoms with Crippen LogP contribution in [-0.2, 0) is 14.8 Å². The molecule has 11 heteroatoms. The quantitative estimate of drug-likeness (QED) is 0.297. The zero-order chi connectivity index (χ0) is 31.9. The third-order valence-corrected chi connectivity index (χ3v) is 9.96. The zero-order valence-corrected chi connectivity index (χ0v) is 26.0. The summed E-state index contributed by atoms with van der Waals surface area (Å²) in [5, 5.41) is 3.01. The van der Waals surface area contributed by atoms with E-state index in [-0.39, 0.29) is 38.0 Å². The van der Waals surface area contributed by atoms with Gasteiger partial charge < -0.3 is 4.90 Å². The van der Waals surface area contributed by atoms with Gasteiger partial charge in [-0.2, -0.15) is 0 Å². The number of likely N-dealkylation sites (N-methyl/N-ethyl adjacent to an activating group) is 1. The summed E-state index contributed by atoms with van der Waals surface area (Å²) in [6, 6.07) is 16.2. The number of hydrogen-bond acceptors (Lipinski definition) is 7. The van der Waals surface area contributed by atoms with Gasteiger partial charge in [-0.3, -0.25) is 29.0 Å². The van der Waals surface area contributed by atoms with Crippen LogP contribution < -0.4 is 10.4 Å². The lowest BCUT2D eigenvalue weighted by atomic mass is 9.94. The average molecular weight is 627 g/mol. The van der Waals surface area contributed by atoms with E-state index in [1.165, 1.54) is 9.21 Å². The third-order valence-electron chi connectivity index (χ3n) is 8.66. The van der Waals surface area contributed by atoms with Gasteiger partial charge in [0.15, 0.2) is 0 Å². The molecule has 0 N–H and O–H groups in total. The first-order valence-corrected chi connectivity index (χ1v) is 16.8. The fourth-order valence-electron chi connectivity index (χ4n) is 6.32. The van der Waals surface area contributed by atoms with E-state index in [4.69, 9.17) is 0 Å². The van der Waals surface area contributed by atoms with Crippen molar-refractivity contribution in [3.63, 3.8) is 0 Å². The number of amides is 4. The minimum absolute atomic E-state index is 0.0218. The number of benzene rings is 3. The summed E-state index contributed by atoms with van der Waals surface area (Å²) in [5.74, 6) is -1.46. The van der Waals surface area contributed by atoms with Crippen molar-refractivity contribution in [2.24, 2.45) is 0 Å². The van der Waals surface area contributed by atoms with Crippen molar-refractivity contribution in [2.45, 2.75) is 12.8 Å². The second-order valence-electron chi connectivity index (χ2n) is 11.6. The number of allylic oxidation sites excluding steroid dienone is 2. The van der Waals surface area contributed by atoms with Crippen LogP contribution >= 0.6 is 0 Å². The maximum Gasteiger partial charge on any atom is 0.261 e. The highest BCUT2D eigenvalue weighted by atomic mass is 32.2. The molecule has 10 nitrogen and oxygen atoms in total. The molecule has 1 aliphatic carbocycles. The lowest BCUT2D eigenvalue weighted by molar-refractivity contribution is -0.123. The third kappa shape index (κ3) is 5.74. The number of imide groups is 2. The molecule has 0 unspecified atom stereocenters. The van der Waals surface area contributed by atoms with Gasteiger partial charge in [0.05, 0.1) is 6.26 Å². The van der Waals surface area contributed by atoms with Gasteiger partial charge in [0, 0.05) is 65.6 Å². The Balaban J connectivity index is 1.06. The number of hydrogen-bond donors (Lipinski definition) is 0. The molecule has 2 heterocycles. The standard InChI is InChI=1S/C34H34N4O6S/c1-35(19-21-37-32(40)27-15-6-11-24-12-7-16-28(30(24)27)33(37)41)17-8-18-36(45(2,43)44)20-22-38-31(39)25-13-4-3-9-23-10-5-14-26(29(23)25)34(38)42/h3-7,9-12,14-16H,8,13,17-22H2,1-2H3. The van der Waals surface area contributed by atoms with Gasteiger partial charge in [-0.05, 0) is 55.2 Å². The van der Waals surface area contributed by atoms with E-state index in [0.717, 1.165) is 21.8 Å². The molecule has 0 saturated carbocycles. The van der Waals surface area contributed by atoms with Gasteiger partial charge in [0.25, 0.3) is 23.6 Å². The van der Waals surface area contributed by atoms with Crippen LogP contribution in [0.4, 0.5) is 0 Å². The van der Waals surface area contributed by atoms with Crippen molar-refractivity contribution in [1.29, 1.82) is 0 Å². The smallest absolute Gasteiger partial charge is 0.261 e. The summed E-state index contributed by atoms with van der Waals surface area (Å²) in [4.78, 5) is 57.5. The first-order chi connectivity index (χ1) is 21.6. The predicted molar refractivity (Wildman–Crippen MR) is 171 cm³/mol. The molecule has 0 radical (unpaired) electrons. The summed E-state index contributed by atoms with van der Waals surface area (Å²) in [6.45, 7) is 1.22. The van der Waals surface area contributed by atoms with E-state index in [2.05, 4.69) is 0 Å². The number of carbonyl (C=O) groups is 4. The molecule has 4 amide bonds. The Morgan fingerprint density at radius 2 is 1.33 bits per heavy atom. The maximum atomic E-state index is 13.4. The molecule has 0 saturated heterocycles. The van der Waals surface area contributed by atoms with Crippen LogP contribution in [0.15, 0.2) is 66.7 Å². The van der Waals surface area contributed by atoms with E-state index in [1.54, 1.807) is 24.3 Å². The molecule has 0 fully saturated rings. The molecular formula is C34H34N4O6S.